The zero-order valence-electron chi connectivity index (χ0n) is 15.5. The molecular formula is C21H31N3O. The molecule has 0 spiro atoms. The van der Waals surface area contributed by atoms with Gasteiger partial charge in [-0.3, -0.25) is 9.69 Å². The Morgan fingerprint density at radius 2 is 1.92 bits per heavy atom. The normalized spacial score (nSPS) is 18.8. The molecule has 1 heterocycles. The number of nitrogens with zero attached hydrogens (tertiary/aromatic N) is 2. The van der Waals surface area contributed by atoms with Crippen LogP contribution < -0.4 is 10.2 Å². The molecule has 0 bridgehead atoms. The van der Waals surface area contributed by atoms with Gasteiger partial charge >= 0.3 is 0 Å². The van der Waals surface area contributed by atoms with E-state index in [4.69, 9.17) is 0 Å². The molecule has 0 unspecified atom stereocenters. The number of rotatable bonds is 6. The van der Waals surface area contributed by atoms with E-state index in [0.717, 1.165) is 39.1 Å². The first-order chi connectivity index (χ1) is 12.2. The summed E-state index contributed by atoms with van der Waals surface area (Å²) in [5, 5.41) is 3.09. The second kappa shape index (κ2) is 9.04. The third-order valence-electron chi connectivity index (χ3n) is 5.35. The van der Waals surface area contributed by atoms with E-state index < -0.39 is 0 Å². The largest absolute Gasteiger partial charge is 0.369 e. The van der Waals surface area contributed by atoms with Gasteiger partial charge in [0.1, 0.15) is 0 Å². The average molecular weight is 341 g/mol. The Kier molecular flexibility index (Phi) is 6.51. The van der Waals surface area contributed by atoms with Crippen molar-refractivity contribution in [3.05, 3.63) is 41.5 Å². The summed E-state index contributed by atoms with van der Waals surface area (Å²) in [5.74, 6) is 0.167. The van der Waals surface area contributed by atoms with E-state index in [1.165, 1.54) is 42.5 Å². The van der Waals surface area contributed by atoms with Gasteiger partial charge in [-0.1, -0.05) is 29.8 Å². The number of nitrogens with one attached hydrogen (secondary N) is 1. The van der Waals surface area contributed by atoms with Crippen molar-refractivity contribution in [3.63, 3.8) is 0 Å². The van der Waals surface area contributed by atoms with Gasteiger partial charge in [0.15, 0.2) is 0 Å². The number of aryl methyl sites for hydroxylation is 1. The van der Waals surface area contributed by atoms with Gasteiger partial charge in [-0.2, -0.15) is 0 Å². The summed E-state index contributed by atoms with van der Waals surface area (Å²) < 4.78 is 0. The van der Waals surface area contributed by atoms with Crippen molar-refractivity contribution in [1.82, 2.24) is 10.2 Å². The molecule has 1 saturated heterocycles. The van der Waals surface area contributed by atoms with Crippen molar-refractivity contribution in [2.45, 2.75) is 39.0 Å². The lowest BCUT2D eigenvalue weighted by atomic mass is 9.97. The third-order valence-corrected chi connectivity index (χ3v) is 5.35. The number of benzene rings is 1. The number of carbonyl (C=O) groups excluding carboxylic acids is 1. The second-order valence-electron chi connectivity index (χ2n) is 7.26. The molecule has 1 aromatic carbocycles. The number of hydrogen-bond acceptors (Lipinski definition) is 3. The fourth-order valence-electron chi connectivity index (χ4n) is 3.82. The van der Waals surface area contributed by atoms with E-state index in [1.54, 1.807) is 0 Å². The molecule has 0 saturated carbocycles. The smallest absolute Gasteiger partial charge is 0.234 e. The Morgan fingerprint density at radius 3 is 2.64 bits per heavy atom. The van der Waals surface area contributed by atoms with Crippen molar-refractivity contribution in [2.24, 2.45) is 0 Å². The lowest BCUT2D eigenvalue weighted by molar-refractivity contribution is -0.122. The van der Waals surface area contributed by atoms with Crippen LogP contribution in [0, 0.1) is 6.92 Å². The Bertz CT molecular complexity index is 603. The van der Waals surface area contributed by atoms with Crippen LogP contribution in [0.5, 0.6) is 0 Å². The molecule has 2 aliphatic rings. The maximum absolute atomic E-state index is 12.2. The fourth-order valence-corrected chi connectivity index (χ4v) is 3.82. The summed E-state index contributed by atoms with van der Waals surface area (Å²) in [7, 11) is 0. The Labute approximate surface area is 151 Å². The van der Waals surface area contributed by atoms with Crippen molar-refractivity contribution >= 4 is 11.6 Å². The summed E-state index contributed by atoms with van der Waals surface area (Å²) in [4.78, 5) is 16.9. The zero-order chi connectivity index (χ0) is 17.5. The molecule has 4 heteroatoms. The second-order valence-corrected chi connectivity index (χ2v) is 7.26. The van der Waals surface area contributed by atoms with Gasteiger partial charge in [0, 0.05) is 38.4 Å². The summed E-state index contributed by atoms with van der Waals surface area (Å²) in [6, 6.07) is 8.54. The molecule has 0 radical (unpaired) electrons. The van der Waals surface area contributed by atoms with Crippen molar-refractivity contribution < 1.29 is 4.79 Å². The van der Waals surface area contributed by atoms with Gasteiger partial charge in [0.25, 0.3) is 0 Å². The fraction of sp³-hybridized carbons (Fsp3) is 0.571. The predicted octanol–water partition coefficient (Wildman–Crippen LogP) is 3.12. The molecule has 4 nitrogen and oxygen atoms in total. The Balaban J connectivity index is 1.36. The number of allylic oxidation sites excluding steroid dienone is 1. The molecule has 0 aromatic heterocycles. The van der Waals surface area contributed by atoms with Crippen LogP contribution in [-0.2, 0) is 4.79 Å². The molecule has 0 atom stereocenters. The van der Waals surface area contributed by atoms with E-state index in [9.17, 15) is 4.79 Å². The van der Waals surface area contributed by atoms with E-state index >= 15 is 0 Å². The first-order valence-electron chi connectivity index (χ1n) is 9.70. The van der Waals surface area contributed by atoms with E-state index in [1.807, 2.05) is 0 Å². The minimum absolute atomic E-state index is 0.167. The molecule has 25 heavy (non-hydrogen) atoms. The van der Waals surface area contributed by atoms with Crippen LogP contribution in [0.4, 0.5) is 5.69 Å². The van der Waals surface area contributed by atoms with E-state index in [2.05, 4.69) is 52.4 Å². The summed E-state index contributed by atoms with van der Waals surface area (Å²) in [6.07, 6.45) is 8.45. The average Bonchev–Trinajstić information content (AvgIpc) is 2.64. The topological polar surface area (TPSA) is 35.6 Å². The monoisotopic (exact) mass is 341 g/mol. The third kappa shape index (κ3) is 5.33. The Morgan fingerprint density at radius 1 is 1.12 bits per heavy atom. The molecule has 1 amide bonds. The lowest BCUT2D eigenvalue weighted by Gasteiger charge is -2.36. The number of carbonyl (C=O) groups is 1. The lowest BCUT2D eigenvalue weighted by Crippen LogP contribution is -2.49. The summed E-state index contributed by atoms with van der Waals surface area (Å²) in [5.41, 5.74) is 4.18. The van der Waals surface area contributed by atoms with Crippen molar-refractivity contribution in [1.29, 1.82) is 0 Å². The summed E-state index contributed by atoms with van der Waals surface area (Å²) >= 11 is 0. The molecule has 3 rings (SSSR count). The molecule has 1 N–H and O–H groups in total. The van der Waals surface area contributed by atoms with Crippen LogP contribution >= 0.6 is 0 Å². The van der Waals surface area contributed by atoms with Crippen LogP contribution in [0.15, 0.2) is 35.9 Å². The highest BCUT2D eigenvalue weighted by atomic mass is 16.2. The molecule has 1 aromatic rings. The van der Waals surface area contributed by atoms with Gasteiger partial charge in [0.05, 0.1) is 6.54 Å². The van der Waals surface area contributed by atoms with Crippen molar-refractivity contribution in [3.8, 4) is 0 Å². The van der Waals surface area contributed by atoms with Gasteiger partial charge in [-0.15, -0.1) is 0 Å². The highest BCUT2D eigenvalue weighted by Gasteiger charge is 2.19. The number of para-hydroxylation sites is 1. The number of hydrogen-bond donors (Lipinski definition) is 1. The standard InChI is InChI=1S/C21H31N3O/c1-18-7-5-6-10-20(18)24-15-13-23(14-16-24)17-21(25)22-12-11-19-8-3-2-4-9-19/h5-8,10H,2-4,9,11-17H2,1H3,(H,22,25). The van der Waals surface area contributed by atoms with E-state index in [0.29, 0.717) is 6.54 Å². The van der Waals surface area contributed by atoms with Crippen LogP contribution in [0.1, 0.15) is 37.7 Å². The van der Waals surface area contributed by atoms with Crippen LogP contribution in [0.25, 0.3) is 0 Å². The molecule has 136 valence electrons. The minimum Gasteiger partial charge on any atom is -0.369 e. The maximum atomic E-state index is 12.2. The Hall–Kier alpha value is -1.81. The van der Waals surface area contributed by atoms with E-state index in [-0.39, 0.29) is 5.91 Å². The first-order valence-corrected chi connectivity index (χ1v) is 9.70. The van der Waals surface area contributed by atoms with Gasteiger partial charge in [-0.25, -0.2) is 0 Å². The van der Waals surface area contributed by atoms with Crippen molar-refractivity contribution in [2.75, 3.05) is 44.2 Å². The maximum Gasteiger partial charge on any atom is 0.234 e. The highest BCUT2D eigenvalue weighted by Crippen LogP contribution is 2.21. The number of anilines is 1. The predicted molar refractivity (Wildman–Crippen MR) is 104 cm³/mol. The quantitative estimate of drug-likeness (QED) is 0.808. The number of amides is 1. The minimum atomic E-state index is 0.167. The van der Waals surface area contributed by atoms with Crippen LogP contribution in [0.3, 0.4) is 0 Å². The molecule has 1 fully saturated rings. The number of piperazine rings is 1. The van der Waals surface area contributed by atoms with Gasteiger partial charge in [-0.05, 0) is 50.7 Å². The SMILES string of the molecule is Cc1ccccc1N1CCN(CC(=O)NCCC2=CCCCC2)CC1. The van der Waals surface area contributed by atoms with Crippen LogP contribution in [-0.4, -0.2) is 50.1 Å². The summed E-state index contributed by atoms with van der Waals surface area (Å²) in [6.45, 7) is 7.36. The molecule has 1 aliphatic heterocycles. The first kappa shape index (κ1) is 18.0. The van der Waals surface area contributed by atoms with Gasteiger partial charge < -0.3 is 10.2 Å². The van der Waals surface area contributed by atoms with Crippen LogP contribution in [0.2, 0.25) is 0 Å². The molecular weight excluding hydrogens is 310 g/mol. The highest BCUT2D eigenvalue weighted by molar-refractivity contribution is 5.78. The molecule has 1 aliphatic carbocycles. The zero-order valence-corrected chi connectivity index (χ0v) is 15.5. The van der Waals surface area contributed by atoms with Gasteiger partial charge in [0.2, 0.25) is 5.91 Å².